The molecule has 0 aliphatic rings. The summed E-state index contributed by atoms with van der Waals surface area (Å²) in [4.78, 5) is 16.0. The zero-order valence-corrected chi connectivity index (χ0v) is 9.90. The van der Waals surface area contributed by atoms with Crippen LogP contribution in [-0.2, 0) is 0 Å². The lowest BCUT2D eigenvalue weighted by Gasteiger charge is -2.04. The number of pyridine rings is 1. The summed E-state index contributed by atoms with van der Waals surface area (Å²) in [6.07, 6.45) is 1.73. The maximum Gasteiger partial charge on any atom is 0.256 e. The molecule has 0 bridgehead atoms. The van der Waals surface area contributed by atoms with Gasteiger partial charge in [-0.05, 0) is 37.6 Å². The first-order chi connectivity index (χ1) is 8.15. The monoisotopic (exact) mass is 226 g/mol. The van der Waals surface area contributed by atoms with E-state index in [2.05, 4.69) is 10.3 Å². The van der Waals surface area contributed by atoms with Crippen molar-refractivity contribution in [2.24, 2.45) is 0 Å². The van der Waals surface area contributed by atoms with Gasteiger partial charge in [-0.25, -0.2) is 4.98 Å². The second kappa shape index (κ2) is 4.78. The number of nitrogens with one attached hydrogen (secondary N) is 1. The Morgan fingerprint density at radius 3 is 2.24 bits per heavy atom. The lowest BCUT2D eigenvalue weighted by Crippen LogP contribution is -2.12. The number of hydrogen-bond acceptors (Lipinski definition) is 2. The predicted molar refractivity (Wildman–Crippen MR) is 68.1 cm³/mol. The molecule has 1 N–H and O–H groups in total. The molecule has 0 atom stereocenters. The maximum absolute atomic E-state index is 11.9. The Morgan fingerprint density at radius 2 is 1.65 bits per heavy atom. The van der Waals surface area contributed by atoms with E-state index in [9.17, 15) is 4.79 Å². The molecule has 0 saturated carbocycles. The van der Waals surface area contributed by atoms with Crippen LogP contribution in [0.2, 0.25) is 0 Å². The van der Waals surface area contributed by atoms with Crippen LogP contribution in [0.1, 0.15) is 21.5 Å². The molecule has 0 aliphatic heterocycles. The Balaban J connectivity index is 2.11. The average molecular weight is 226 g/mol. The van der Waals surface area contributed by atoms with E-state index < -0.39 is 0 Å². The first-order valence-electron chi connectivity index (χ1n) is 5.46. The van der Waals surface area contributed by atoms with Crippen LogP contribution in [0.4, 0.5) is 5.82 Å². The highest BCUT2D eigenvalue weighted by Crippen LogP contribution is 2.08. The molecule has 2 aromatic rings. The van der Waals surface area contributed by atoms with Gasteiger partial charge in [-0.2, -0.15) is 0 Å². The van der Waals surface area contributed by atoms with E-state index in [-0.39, 0.29) is 5.91 Å². The normalized spacial score (nSPS) is 10.0. The third-order valence-corrected chi connectivity index (χ3v) is 2.47. The third kappa shape index (κ3) is 2.91. The smallest absolute Gasteiger partial charge is 0.256 e. The van der Waals surface area contributed by atoms with Crippen molar-refractivity contribution in [2.75, 3.05) is 5.32 Å². The molecule has 1 heterocycles. The molecule has 0 fully saturated rings. The molecule has 3 nitrogen and oxygen atoms in total. The molecule has 0 spiro atoms. The van der Waals surface area contributed by atoms with E-state index in [0.29, 0.717) is 11.4 Å². The minimum Gasteiger partial charge on any atom is -0.307 e. The lowest BCUT2D eigenvalue weighted by molar-refractivity contribution is 0.102. The highest BCUT2D eigenvalue weighted by Gasteiger charge is 2.05. The molecule has 1 amide bonds. The van der Waals surface area contributed by atoms with Gasteiger partial charge in [0.1, 0.15) is 5.82 Å². The van der Waals surface area contributed by atoms with Crippen molar-refractivity contribution in [2.45, 2.75) is 13.8 Å². The van der Waals surface area contributed by atoms with E-state index in [0.717, 1.165) is 11.1 Å². The molecule has 1 aromatic heterocycles. The summed E-state index contributed by atoms with van der Waals surface area (Å²) in [5.41, 5.74) is 2.84. The topological polar surface area (TPSA) is 42.0 Å². The molecular formula is C14H14N2O. The van der Waals surface area contributed by atoms with E-state index in [1.165, 1.54) is 0 Å². The minimum absolute atomic E-state index is 0.138. The number of carbonyl (C=O) groups is 1. The molecular weight excluding hydrogens is 212 g/mol. The molecule has 1 aromatic carbocycles. The molecule has 3 heteroatoms. The first-order valence-corrected chi connectivity index (χ1v) is 5.46. The van der Waals surface area contributed by atoms with E-state index in [4.69, 9.17) is 0 Å². The fourth-order valence-corrected chi connectivity index (χ4v) is 1.44. The highest BCUT2D eigenvalue weighted by atomic mass is 16.1. The quantitative estimate of drug-likeness (QED) is 0.855. The van der Waals surface area contributed by atoms with Crippen LogP contribution in [0.3, 0.4) is 0 Å². The van der Waals surface area contributed by atoms with Crippen LogP contribution in [-0.4, -0.2) is 10.9 Å². The Bertz CT molecular complexity index is 515. The molecule has 0 radical (unpaired) electrons. The molecule has 0 saturated heterocycles. The summed E-state index contributed by atoms with van der Waals surface area (Å²) >= 11 is 0. The van der Waals surface area contributed by atoms with Gasteiger partial charge in [0, 0.05) is 11.8 Å². The Morgan fingerprint density at radius 1 is 1.00 bits per heavy atom. The first kappa shape index (κ1) is 11.3. The summed E-state index contributed by atoms with van der Waals surface area (Å²) < 4.78 is 0. The van der Waals surface area contributed by atoms with Crippen molar-refractivity contribution in [3.63, 3.8) is 0 Å². The van der Waals surface area contributed by atoms with Crippen molar-refractivity contribution in [3.8, 4) is 0 Å². The van der Waals surface area contributed by atoms with Crippen LogP contribution in [0.15, 0.2) is 42.6 Å². The summed E-state index contributed by atoms with van der Waals surface area (Å²) in [7, 11) is 0. The van der Waals surface area contributed by atoms with Crippen LogP contribution in [0.25, 0.3) is 0 Å². The molecule has 0 unspecified atom stereocenters. The van der Waals surface area contributed by atoms with E-state index in [1.807, 2.05) is 32.0 Å². The van der Waals surface area contributed by atoms with Crippen molar-refractivity contribution >= 4 is 11.7 Å². The van der Waals surface area contributed by atoms with Gasteiger partial charge in [-0.3, -0.25) is 4.79 Å². The van der Waals surface area contributed by atoms with Gasteiger partial charge in [0.15, 0.2) is 0 Å². The number of amides is 1. The van der Waals surface area contributed by atoms with E-state index >= 15 is 0 Å². The average Bonchev–Trinajstić information content (AvgIpc) is 2.33. The number of hydrogen-bond donors (Lipinski definition) is 1. The largest absolute Gasteiger partial charge is 0.307 e. The number of rotatable bonds is 2. The predicted octanol–water partition coefficient (Wildman–Crippen LogP) is 2.95. The van der Waals surface area contributed by atoms with Gasteiger partial charge in [0.25, 0.3) is 5.91 Å². The number of aromatic nitrogens is 1. The van der Waals surface area contributed by atoms with Gasteiger partial charge in [0.05, 0.1) is 0 Å². The second-order valence-electron chi connectivity index (χ2n) is 4.04. The zero-order chi connectivity index (χ0) is 12.3. The summed E-state index contributed by atoms with van der Waals surface area (Å²) in [6.45, 7) is 3.95. The van der Waals surface area contributed by atoms with Crippen LogP contribution < -0.4 is 5.32 Å². The Hall–Kier alpha value is -2.16. The standard InChI is InChI=1S/C14H14N2O/c1-10-3-6-12(7-4-10)14(17)16-13-8-5-11(2)9-15-13/h3-9H,1-2H3,(H,15,16,17). The molecule has 17 heavy (non-hydrogen) atoms. The number of benzene rings is 1. The highest BCUT2D eigenvalue weighted by molar-refractivity contribution is 6.03. The van der Waals surface area contributed by atoms with Gasteiger partial charge >= 0.3 is 0 Å². The van der Waals surface area contributed by atoms with Crippen molar-refractivity contribution in [1.29, 1.82) is 0 Å². The number of anilines is 1. The van der Waals surface area contributed by atoms with Gasteiger partial charge in [-0.1, -0.05) is 23.8 Å². The van der Waals surface area contributed by atoms with Crippen molar-refractivity contribution in [3.05, 3.63) is 59.3 Å². The summed E-state index contributed by atoms with van der Waals surface area (Å²) in [6, 6.07) is 11.1. The fraction of sp³-hybridized carbons (Fsp3) is 0.143. The van der Waals surface area contributed by atoms with E-state index in [1.54, 1.807) is 24.4 Å². The SMILES string of the molecule is Cc1ccc(C(=O)Nc2ccc(C)cn2)cc1. The number of nitrogens with zero attached hydrogens (tertiary/aromatic N) is 1. The fourth-order valence-electron chi connectivity index (χ4n) is 1.44. The second-order valence-corrected chi connectivity index (χ2v) is 4.04. The maximum atomic E-state index is 11.9. The molecule has 0 aliphatic carbocycles. The molecule has 2 rings (SSSR count). The zero-order valence-electron chi connectivity index (χ0n) is 9.90. The third-order valence-electron chi connectivity index (χ3n) is 2.47. The van der Waals surface area contributed by atoms with Crippen LogP contribution in [0.5, 0.6) is 0 Å². The minimum atomic E-state index is -0.138. The lowest BCUT2D eigenvalue weighted by atomic mass is 10.1. The summed E-state index contributed by atoms with van der Waals surface area (Å²) in [5, 5.41) is 2.75. The number of carbonyl (C=O) groups excluding carboxylic acids is 1. The number of aryl methyl sites for hydroxylation is 2. The van der Waals surface area contributed by atoms with Gasteiger partial charge < -0.3 is 5.32 Å². The van der Waals surface area contributed by atoms with Crippen molar-refractivity contribution < 1.29 is 4.79 Å². The Labute approximate surface area is 101 Å². The van der Waals surface area contributed by atoms with Crippen LogP contribution >= 0.6 is 0 Å². The van der Waals surface area contributed by atoms with Gasteiger partial charge in [-0.15, -0.1) is 0 Å². The molecule has 86 valence electrons. The summed E-state index contributed by atoms with van der Waals surface area (Å²) in [5.74, 6) is 0.433. The van der Waals surface area contributed by atoms with Gasteiger partial charge in [0.2, 0.25) is 0 Å². The van der Waals surface area contributed by atoms with Crippen LogP contribution in [0, 0.1) is 13.8 Å². The van der Waals surface area contributed by atoms with Crippen molar-refractivity contribution in [1.82, 2.24) is 4.98 Å². The Kier molecular flexibility index (Phi) is 3.19.